The molecule has 0 saturated heterocycles. The van der Waals surface area contributed by atoms with Crippen LogP contribution in [0.1, 0.15) is 26.3 Å². The van der Waals surface area contributed by atoms with Gasteiger partial charge in [0.25, 0.3) is 5.91 Å². The van der Waals surface area contributed by atoms with Crippen molar-refractivity contribution in [3.05, 3.63) is 59.7 Å². The zero-order valence-corrected chi connectivity index (χ0v) is 17.1. The van der Waals surface area contributed by atoms with Crippen LogP contribution in [0.2, 0.25) is 0 Å². The molecule has 0 aliphatic carbocycles. The Morgan fingerprint density at radius 3 is 2.40 bits per heavy atom. The molecule has 0 saturated carbocycles. The molecular weight excluding hydrogens is 396 g/mol. The summed E-state index contributed by atoms with van der Waals surface area (Å²) in [6.07, 6.45) is 1.43. The lowest BCUT2D eigenvalue weighted by molar-refractivity contribution is -0.148. The van der Waals surface area contributed by atoms with Gasteiger partial charge in [0.15, 0.2) is 17.6 Å². The Morgan fingerprint density at radius 2 is 1.77 bits per heavy atom. The molecule has 2 rings (SSSR count). The van der Waals surface area contributed by atoms with Crippen molar-refractivity contribution in [1.82, 2.24) is 0 Å². The second kappa shape index (κ2) is 10.4. The van der Waals surface area contributed by atoms with Crippen molar-refractivity contribution in [2.45, 2.75) is 33.0 Å². The van der Waals surface area contributed by atoms with Crippen LogP contribution in [-0.4, -0.2) is 31.2 Å². The highest BCUT2D eigenvalue weighted by Crippen LogP contribution is 2.29. The summed E-state index contributed by atoms with van der Waals surface area (Å²) in [5.41, 5.74) is 0.445. The van der Waals surface area contributed by atoms with Crippen molar-refractivity contribution >= 4 is 23.6 Å². The summed E-state index contributed by atoms with van der Waals surface area (Å²) in [6, 6.07) is 7.87. The topological polar surface area (TPSA) is 73.9 Å². The van der Waals surface area contributed by atoms with E-state index in [2.05, 4.69) is 5.32 Å². The molecule has 0 aromatic heterocycles. The highest BCUT2D eigenvalue weighted by atomic mass is 19.1. The zero-order valence-electron chi connectivity index (χ0n) is 17.1. The van der Waals surface area contributed by atoms with E-state index in [1.807, 2.05) is 13.8 Å². The van der Waals surface area contributed by atoms with E-state index < -0.39 is 29.6 Å². The molecule has 0 aliphatic rings. The van der Waals surface area contributed by atoms with Crippen molar-refractivity contribution in [2.24, 2.45) is 0 Å². The monoisotopic (exact) mass is 419 g/mol. The van der Waals surface area contributed by atoms with Crippen LogP contribution in [0.5, 0.6) is 11.5 Å². The average molecular weight is 419 g/mol. The minimum Gasteiger partial charge on any atom is -0.493 e. The molecule has 2 aromatic carbocycles. The molecule has 0 bridgehead atoms. The Balaban J connectivity index is 1.97. The number of esters is 1. The van der Waals surface area contributed by atoms with Gasteiger partial charge >= 0.3 is 5.97 Å². The number of halogens is 2. The number of hydrogen-bond acceptors (Lipinski definition) is 5. The summed E-state index contributed by atoms with van der Waals surface area (Å²) in [5.74, 6) is -2.13. The predicted octanol–water partition coefficient (Wildman–Crippen LogP) is 4.34. The number of anilines is 1. The summed E-state index contributed by atoms with van der Waals surface area (Å²) in [7, 11) is 1.51. The van der Waals surface area contributed by atoms with Gasteiger partial charge in [-0.15, -0.1) is 0 Å². The van der Waals surface area contributed by atoms with Gasteiger partial charge in [-0.05, 0) is 56.7 Å². The molecule has 8 heteroatoms. The Kier molecular flexibility index (Phi) is 7.91. The first-order valence-corrected chi connectivity index (χ1v) is 9.19. The van der Waals surface area contributed by atoms with Gasteiger partial charge in [0.05, 0.1) is 18.9 Å². The second-order valence-corrected chi connectivity index (χ2v) is 6.60. The van der Waals surface area contributed by atoms with Crippen molar-refractivity contribution in [3.8, 4) is 11.5 Å². The summed E-state index contributed by atoms with van der Waals surface area (Å²) in [4.78, 5) is 24.1. The quantitative estimate of drug-likeness (QED) is 0.509. The number of ether oxygens (including phenoxy) is 3. The number of carbonyl (C=O) groups is 2. The fourth-order valence-corrected chi connectivity index (χ4v) is 2.40. The van der Waals surface area contributed by atoms with Crippen LogP contribution in [0.15, 0.2) is 42.5 Å². The lowest BCUT2D eigenvalue weighted by Crippen LogP contribution is -2.29. The van der Waals surface area contributed by atoms with E-state index in [0.717, 1.165) is 18.2 Å². The van der Waals surface area contributed by atoms with Gasteiger partial charge in [-0.2, -0.15) is 0 Å². The Hall–Kier alpha value is -3.42. The van der Waals surface area contributed by atoms with Gasteiger partial charge in [0.2, 0.25) is 0 Å². The first kappa shape index (κ1) is 22.9. The molecule has 1 atom stereocenters. The van der Waals surface area contributed by atoms with Crippen LogP contribution in [-0.2, 0) is 14.3 Å². The van der Waals surface area contributed by atoms with Gasteiger partial charge in [0.1, 0.15) is 11.6 Å². The maximum absolute atomic E-state index is 13.6. The predicted molar refractivity (Wildman–Crippen MR) is 108 cm³/mol. The SMILES string of the molecule is COc1cc(/C=C/C(=O)O[C@H](C)C(=O)Nc2ccc(F)cc2F)ccc1OC(C)C. The highest BCUT2D eigenvalue weighted by Gasteiger charge is 2.18. The van der Waals surface area contributed by atoms with Gasteiger partial charge < -0.3 is 19.5 Å². The van der Waals surface area contributed by atoms with Crippen LogP contribution in [0.4, 0.5) is 14.5 Å². The maximum Gasteiger partial charge on any atom is 0.331 e. The molecule has 0 aliphatic heterocycles. The summed E-state index contributed by atoms with van der Waals surface area (Å²) >= 11 is 0. The largest absolute Gasteiger partial charge is 0.493 e. The highest BCUT2D eigenvalue weighted by molar-refractivity contribution is 5.96. The molecule has 0 unspecified atom stereocenters. The van der Waals surface area contributed by atoms with Crippen molar-refractivity contribution in [3.63, 3.8) is 0 Å². The average Bonchev–Trinajstić information content (AvgIpc) is 2.68. The number of carbonyl (C=O) groups excluding carboxylic acids is 2. The lowest BCUT2D eigenvalue weighted by atomic mass is 10.2. The number of nitrogens with one attached hydrogen (secondary N) is 1. The van der Waals surface area contributed by atoms with Crippen LogP contribution in [0, 0.1) is 11.6 Å². The van der Waals surface area contributed by atoms with E-state index in [1.165, 1.54) is 20.1 Å². The maximum atomic E-state index is 13.6. The number of benzene rings is 2. The minimum atomic E-state index is -1.19. The summed E-state index contributed by atoms with van der Waals surface area (Å²) in [6.45, 7) is 5.12. The van der Waals surface area contributed by atoms with E-state index in [4.69, 9.17) is 14.2 Å². The number of methoxy groups -OCH3 is 1. The van der Waals surface area contributed by atoms with Crippen molar-refractivity contribution in [2.75, 3.05) is 12.4 Å². The second-order valence-electron chi connectivity index (χ2n) is 6.60. The molecule has 1 amide bonds. The molecule has 0 radical (unpaired) electrons. The van der Waals surface area contributed by atoms with Crippen LogP contribution in [0.3, 0.4) is 0 Å². The molecule has 160 valence electrons. The van der Waals surface area contributed by atoms with Crippen molar-refractivity contribution < 1.29 is 32.6 Å². The van der Waals surface area contributed by atoms with Crippen LogP contribution < -0.4 is 14.8 Å². The molecule has 1 N–H and O–H groups in total. The number of amides is 1. The van der Waals surface area contributed by atoms with Gasteiger partial charge in [-0.3, -0.25) is 4.79 Å². The molecule has 0 spiro atoms. The summed E-state index contributed by atoms with van der Waals surface area (Å²) in [5, 5.41) is 2.24. The van der Waals surface area contributed by atoms with E-state index in [9.17, 15) is 18.4 Å². The Labute approximate surface area is 173 Å². The van der Waals surface area contributed by atoms with Crippen LogP contribution in [0.25, 0.3) is 6.08 Å². The van der Waals surface area contributed by atoms with E-state index in [-0.39, 0.29) is 11.8 Å². The van der Waals surface area contributed by atoms with Gasteiger partial charge in [0, 0.05) is 12.1 Å². The zero-order chi connectivity index (χ0) is 22.3. The first-order valence-electron chi connectivity index (χ1n) is 9.19. The normalized spacial score (nSPS) is 12.0. The van der Waals surface area contributed by atoms with Gasteiger partial charge in [-0.25, -0.2) is 13.6 Å². The molecule has 0 heterocycles. The summed E-state index contributed by atoms with van der Waals surface area (Å²) < 4.78 is 42.5. The fourth-order valence-electron chi connectivity index (χ4n) is 2.40. The van der Waals surface area contributed by atoms with E-state index in [0.29, 0.717) is 23.1 Å². The Morgan fingerprint density at radius 1 is 1.03 bits per heavy atom. The molecule has 6 nitrogen and oxygen atoms in total. The third kappa shape index (κ3) is 6.58. The fraction of sp³-hybridized carbons (Fsp3) is 0.273. The van der Waals surface area contributed by atoms with E-state index >= 15 is 0 Å². The molecule has 0 fully saturated rings. The smallest absolute Gasteiger partial charge is 0.331 e. The van der Waals surface area contributed by atoms with Gasteiger partial charge in [-0.1, -0.05) is 6.07 Å². The Bertz CT molecular complexity index is 943. The minimum absolute atomic E-state index is 0.0220. The standard InChI is InChI=1S/C22H23F2NO5/c1-13(2)29-19-9-5-15(11-20(19)28-4)6-10-21(26)30-14(3)22(27)25-18-8-7-16(23)12-17(18)24/h5-14H,1-4H3,(H,25,27)/b10-6+/t14-/m1/s1. The first-order chi connectivity index (χ1) is 14.2. The molecular formula is C22H23F2NO5. The third-order valence-corrected chi connectivity index (χ3v) is 3.81. The van der Waals surface area contributed by atoms with Crippen molar-refractivity contribution in [1.29, 1.82) is 0 Å². The lowest BCUT2D eigenvalue weighted by Gasteiger charge is -2.14. The number of rotatable bonds is 8. The third-order valence-electron chi connectivity index (χ3n) is 3.81. The molecule has 2 aromatic rings. The van der Waals surface area contributed by atoms with Crippen LogP contribution >= 0.6 is 0 Å². The van der Waals surface area contributed by atoms with E-state index in [1.54, 1.807) is 18.2 Å². The molecule has 30 heavy (non-hydrogen) atoms. The number of hydrogen-bond donors (Lipinski definition) is 1.